The second kappa shape index (κ2) is 15.7. The van der Waals surface area contributed by atoms with E-state index in [9.17, 15) is 27.6 Å². The van der Waals surface area contributed by atoms with Gasteiger partial charge in [-0.3, -0.25) is 9.78 Å². The molecule has 0 spiro atoms. The molecule has 3 saturated heterocycles. The van der Waals surface area contributed by atoms with Crippen molar-refractivity contribution in [3.8, 4) is 11.4 Å². The van der Waals surface area contributed by atoms with Crippen molar-refractivity contribution in [3.05, 3.63) is 69.1 Å². The normalized spacial score (nSPS) is 19.3. The molecular weight excluding hydrogens is 685 g/mol. The molecule has 0 aliphatic carbocycles. The Morgan fingerprint density at radius 3 is 2.16 bits per heavy atom. The van der Waals surface area contributed by atoms with Crippen LogP contribution < -0.4 is 16.3 Å². The van der Waals surface area contributed by atoms with Crippen molar-refractivity contribution in [3.63, 3.8) is 0 Å². The highest BCUT2D eigenvalue weighted by molar-refractivity contribution is 6.33. The smallest absolute Gasteiger partial charge is 0.386 e. The number of hydrogen-bond acceptors (Lipinski definition) is 6. The first-order valence-electron chi connectivity index (χ1n) is 17.8. The molecule has 0 radical (unpaired) electrons. The van der Waals surface area contributed by atoms with E-state index >= 15 is 0 Å². The van der Waals surface area contributed by atoms with E-state index in [4.69, 9.17) is 11.6 Å². The minimum Gasteiger partial charge on any atom is -0.386 e. The molecule has 3 N–H and O–H groups in total. The third kappa shape index (κ3) is 8.54. The molecule has 1 aromatic heterocycles. The number of amides is 3. The Kier molecular flexibility index (Phi) is 11.3. The molecule has 51 heavy (non-hydrogen) atoms. The van der Waals surface area contributed by atoms with Crippen LogP contribution in [-0.4, -0.2) is 101 Å². The number of aromatic nitrogens is 3. The van der Waals surface area contributed by atoms with E-state index in [-0.39, 0.29) is 40.3 Å². The number of benzene rings is 2. The maximum absolute atomic E-state index is 14.1. The van der Waals surface area contributed by atoms with Crippen LogP contribution in [0.1, 0.15) is 55.7 Å². The lowest BCUT2D eigenvalue weighted by Gasteiger charge is -2.40. The number of rotatable bonds is 8. The summed E-state index contributed by atoms with van der Waals surface area (Å²) < 4.78 is 43.5. The van der Waals surface area contributed by atoms with Crippen molar-refractivity contribution in [2.24, 2.45) is 11.8 Å². The largest absolute Gasteiger partial charge is 0.418 e. The number of alkyl halides is 3. The summed E-state index contributed by atoms with van der Waals surface area (Å²) in [6.45, 7) is 3.81. The summed E-state index contributed by atoms with van der Waals surface area (Å²) in [5.41, 5.74) is -0.531. The number of piperidine rings is 3. The molecule has 3 fully saturated rings. The van der Waals surface area contributed by atoms with Crippen molar-refractivity contribution in [1.82, 2.24) is 34.8 Å². The van der Waals surface area contributed by atoms with Gasteiger partial charge in [-0.25, -0.2) is 14.3 Å². The summed E-state index contributed by atoms with van der Waals surface area (Å²) in [5.74, 6) is 1.28. The van der Waals surface area contributed by atoms with Gasteiger partial charge in [0.05, 0.1) is 22.3 Å². The minimum absolute atomic E-state index is 0.120. The third-order valence-corrected chi connectivity index (χ3v) is 11.1. The lowest BCUT2D eigenvalue weighted by atomic mass is 9.79. The fourth-order valence-corrected chi connectivity index (χ4v) is 8.21. The van der Waals surface area contributed by atoms with Crippen LogP contribution in [0, 0.1) is 11.8 Å². The summed E-state index contributed by atoms with van der Waals surface area (Å²) in [7, 11) is 3.50. The van der Waals surface area contributed by atoms with Crippen LogP contribution in [0.4, 0.5) is 23.7 Å². The molecule has 3 aliphatic rings. The molecule has 0 unspecified atom stereocenters. The van der Waals surface area contributed by atoms with Crippen LogP contribution in [0.25, 0.3) is 11.4 Å². The van der Waals surface area contributed by atoms with E-state index in [1.54, 1.807) is 9.80 Å². The molecule has 3 aromatic rings. The van der Waals surface area contributed by atoms with E-state index in [1.165, 1.54) is 17.8 Å². The average Bonchev–Trinajstić information content (AvgIpc) is 3.52. The number of hydrogen-bond donors (Lipinski definition) is 3. The maximum atomic E-state index is 14.1. The minimum atomic E-state index is -4.68. The molecular formula is C36H46ClF3N8O3. The topological polar surface area (TPSA) is 119 Å². The van der Waals surface area contributed by atoms with E-state index in [0.29, 0.717) is 56.7 Å². The van der Waals surface area contributed by atoms with Gasteiger partial charge < -0.3 is 25.3 Å². The van der Waals surface area contributed by atoms with Gasteiger partial charge in [0, 0.05) is 45.2 Å². The van der Waals surface area contributed by atoms with Crippen LogP contribution in [0.2, 0.25) is 5.02 Å². The Morgan fingerprint density at radius 2 is 1.55 bits per heavy atom. The van der Waals surface area contributed by atoms with E-state index in [1.807, 2.05) is 30.3 Å². The van der Waals surface area contributed by atoms with Gasteiger partial charge in [-0.15, -0.1) is 5.10 Å². The maximum Gasteiger partial charge on any atom is 0.418 e. The van der Waals surface area contributed by atoms with Crippen molar-refractivity contribution < 1.29 is 22.8 Å². The van der Waals surface area contributed by atoms with Gasteiger partial charge in [0.2, 0.25) is 5.91 Å². The third-order valence-electron chi connectivity index (χ3n) is 10.8. The second-order valence-corrected chi connectivity index (χ2v) is 14.5. The van der Waals surface area contributed by atoms with Gasteiger partial charge in [-0.1, -0.05) is 41.9 Å². The van der Waals surface area contributed by atoms with E-state index in [2.05, 4.69) is 32.7 Å². The van der Waals surface area contributed by atoms with E-state index in [0.717, 1.165) is 50.4 Å². The number of anilines is 1. The summed E-state index contributed by atoms with van der Waals surface area (Å²) in [6.07, 6.45) is 0.0714. The highest BCUT2D eigenvalue weighted by Crippen LogP contribution is 2.40. The van der Waals surface area contributed by atoms with E-state index < -0.39 is 23.8 Å². The Morgan fingerprint density at radius 1 is 0.941 bits per heavy atom. The van der Waals surface area contributed by atoms with Crippen molar-refractivity contribution in [1.29, 1.82) is 0 Å². The van der Waals surface area contributed by atoms with Gasteiger partial charge >= 0.3 is 17.9 Å². The average molecular weight is 731 g/mol. The fourth-order valence-electron chi connectivity index (χ4n) is 7.87. The highest BCUT2D eigenvalue weighted by atomic mass is 35.5. The Labute approximate surface area is 300 Å². The SMILES string of the molecule is CNc1c(Cl)cc(C[C@@H](NC(=O)N2CCC(n3nc(-c4ccccc4)[nH]c3=O)CC2)C(=O)N2CCC(C3CCN(C)CC3)CC2)cc1C(F)(F)F. The van der Waals surface area contributed by atoms with Gasteiger partial charge in [0.25, 0.3) is 0 Å². The zero-order valence-electron chi connectivity index (χ0n) is 29.0. The number of aromatic amines is 1. The molecule has 3 aliphatic heterocycles. The zero-order chi connectivity index (χ0) is 36.3. The van der Waals surface area contributed by atoms with Crippen molar-refractivity contribution >= 4 is 29.2 Å². The summed E-state index contributed by atoms with van der Waals surface area (Å²) in [5, 5.41) is 9.79. The van der Waals surface area contributed by atoms with Crippen LogP contribution in [0.15, 0.2) is 47.3 Å². The molecule has 15 heteroatoms. The molecule has 0 bridgehead atoms. The Balaban J connectivity index is 1.15. The summed E-state index contributed by atoms with van der Waals surface area (Å²) in [6, 6.07) is 9.92. The number of carbonyl (C=O) groups excluding carboxylic acids is 2. The molecule has 11 nitrogen and oxygen atoms in total. The first kappa shape index (κ1) is 36.7. The van der Waals surface area contributed by atoms with Gasteiger partial charge in [-0.2, -0.15) is 13.2 Å². The molecule has 4 heterocycles. The predicted molar refractivity (Wildman–Crippen MR) is 190 cm³/mol. The zero-order valence-corrected chi connectivity index (χ0v) is 29.8. The molecule has 3 amide bonds. The quantitative estimate of drug-likeness (QED) is 0.282. The highest BCUT2D eigenvalue weighted by Gasteiger charge is 2.37. The van der Waals surface area contributed by atoms with Gasteiger partial charge in [0.15, 0.2) is 5.82 Å². The molecule has 276 valence electrons. The van der Waals surface area contributed by atoms with Crippen molar-refractivity contribution in [2.75, 3.05) is 58.7 Å². The van der Waals surface area contributed by atoms with Crippen molar-refractivity contribution in [2.45, 2.75) is 63.2 Å². The predicted octanol–water partition coefficient (Wildman–Crippen LogP) is 5.49. The molecule has 2 aromatic carbocycles. The number of carbonyl (C=O) groups is 2. The van der Waals surface area contributed by atoms with Crippen LogP contribution >= 0.6 is 11.6 Å². The summed E-state index contributed by atoms with van der Waals surface area (Å²) >= 11 is 6.30. The number of urea groups is 1. The lowest BCUT2D eigenvalue weighted by Crippen LogP contribution is -2.55. The number of H-pyrrole nitrogens is 1. The number of nitrogens with one attached hydrogen (secondary N) is 3. The fraction of sp³-hybridized carbons (Fsp3) is 0.556. The van der Waals surface area contributed by atoms with Crippen LogP contribution in [-0.2, 0) is 17.4 Å². The summed E-state index contributed by atoms with van der Waals surface area (Å²) in [4.78, 5) is 49.0. The number of halogens is 4. The second-order valence-electron chi connectivity index (χ2n) is 14.1. The van der Waals surface area contributed by atoms with Crippen LogP contribution in [0.3, 0.4) is 0 Å². The lowest BCUT2D eigenvalue weighted by molar-refractivity contribution is -0.137. The van der Waals surface area contributed by atoms with Gasteiger partial charge in [0.1, 0.15) is 6.04 Å². The molecule has 6 rings (SSSR count). The molecule has 1 atom stereocenters. The van der Waals surface area contributed by atoms with Gasteiger partial charge in [-0.05, 0) is 88.2 Å². The Hall–Kier alpha value is -4.04. The van der Waals surface area contributed by atoms with Crippen LogP contribution in [0.5, 0.6) is 0 Å². The number of likely N-dealkylation sites (tertiary alicyclic amines) is 3. The number of nitrogens with zero attached hydrogens (tertiary/aromatic N) is 5. The first-order chi connectivity index (χ1) is 24.4. The Bertz CT molecular complexity index is 1730. The molecule has 0 saturated carbocycles. The first-order valence-corrected chi connectivity index (χ1v) is 18.1. The monoisotopic (exact) mass is 730 g/mol. The standard InChI is InChI=1S/C36H46ClF3N8O3/c1-41-31-28(36(38,39)40)20-23(21-29(31)37)22-30(33(49)46-16-10-25(11-17-46)24-8-14-45(2)15-9-24)42-34(50)47-18-12-27(13-19-47)48-35(51)43-32(44-48)26-6-4-3-5-7-26/h3-7,20-21,24-25,27,30,41H,8-19,22H2,1-2H3,(H,42,50)(H,43,44,51)/t30-/m1/s1.